The van der Waals surface area contributed by atoms with Crippen LogP contribution in [0.3, 0.4) is 0 Å². The van der Waals surface area contributed by atoms with Gasteiger partial charge in [0.15, 0.2) is 0 Å². The Labute approximate surface area is 159 Å². The third-order valence-electron chi connectivity index (χ3n) is 4.13. The van der Waals surface area contributed by atoms with Gasteiger partial charge in [-0.05, 0) is 29.8 Å². The molecule has 0 aliphatic carbocycles. The molecule has 8 nitrogen and oxygen atoms in total. The highest BCUT2D eigenvalue weighted by Crippen LogP contribution is 2.18. The van der Waals surface area contributed by atoms with E-state index in [-0.39, 0.29) is 30.1 Å². The van der Waals surface area contributed by atoms with E-state index >= 15 is 0 Å². The fourth-order valence-electron chi connectivity index (χ4n) is 2.69. The first-order chi connectivity index (χ1) is 13.7. The van der Waals surface area contributed by atoms with Crippen LogP contribution in [0.5, 0.6) is 0 Å². The lowest BCUT2D eigenvalue weighted by atomic mass is 10.1. The highest BCUT2D eigenvalue weighted by Gasteiger charge is 2.28. The number of carbonyl (C=O) groups excluding carboxylic acids is 1. The minimum Gasteiger partial charge on any atom is -0.391 e. The van der Waals surface area contributed by atoms with E-state index in [9.17, 15) is 9.18 Å². The molecule has 28 heavy (non-hydrogen) atoms. The van der Waals surface area contributed by atoms with Gasteiger partial charge in [0.1, 0.15) is 23.3 Å². The van der Waals surface area contributed by atoms with E-state index in [1.807, 2.05) is 6.07 Å². The molecule has 1 aliphatic rings. The molecule has 4 rings (SSSR count). The van der Waals surface area contributed by atoms with Crippen LogP contribution in [0.15, 0.2) is 58.3 Å². The molecule has 1 aromatic carbocycles. The Morgan fingerprint density at radius 3 is 2.86 bits per heavy atom. The molecular formula is C19H16FN5O3. The molecule has 0 fully saturated rings. The Balaban J connectivity index is 1.28. The Hall–Kier alpha value is -3.62. The fourth-order valence-corrected chi connectivity index (χ4v) is 2.69. The minimum absolute atomic E-state index is 0.278. The van der Waals surface area contributed by atoms with E-state index in [1.54, 1.807) is 30.5 Å². The van der Waals surface area contributed by atoms with E-state index < -0.39 is 0 Å². The van der Waals surface area contributed by atoms with Crippen LogP contribution < -0.4 is 5.32 Å². The van der Waals surface area contributed by atoms with Gasteiger partial charge in [0.25, 0.3) is 5.91 Å². The van der Waals surface area contributed by atoms with E-state index in [2.05, 4.69) is 25.6 Å². The second-order valence-corrected chi connectivity index (χ2v) is 6.21. The highest BCUT2D eigenvalue weighted by molar-refractivity contribution is 6.39. The molecule has 1 aliphatic heterocycles. The molecule has 0 radical (unpaired) electrons. The van der Waals surface area contributed by atoms with Crippen molar-refractivity contribution in [3.63, 3.8) is 0 Å². The average Bonchev–Trinajstić information content (AvgIpc) is 3.38. The van der Waals surface area contributed by atoms with Crippen molar-refractivity contribution < 1.29 is 18.5 Å². The third kappa shape index (κ3) is 4.20. The summed E-state index contributed by atoms with van der Waals surface area (Å²) in [5.74, 6) is 0.130. The second-order valence-electron chi connectivity index (χ2n) is 6.21. The van der Waals surface area contributed by atoms with Crippen LogP contribution in [-0.4, -0.2) is 32.8 Å². The first-order valence-electron chi connectivity index (χ1n) is 8.67. The zero-order valence-electron chi connectivity index (χ0n) is 14.7. The number of amides is 1. The van der Waals surface area contributed by atoms with Crippen molar-refractivity contribution >= 4 is 11.6 Å². The zero-order valence-corrected chi connectivity index (χ0v) is 14.7. The smallest absolute Gasteiger partial charge is 0.269 e. The summed E-state index contributed by atoms with van der Waals surface area (Å²) in [6.07, 6.45) is 1.95. The van der Waals surface area contributed by atoms with Crippen molar-refractivity contribution in [1.82, 2.24) is 20.4 Å². The van der Waals surface area contributed by atoms with Crippen LogP contribution in [0.2, 0.25) is 0 Å². The molecule has 3 aromatic rings. The minimum atomic E-state index is -0.358. The molecule has 0 saturated heterocycles. The summed E-state index contributed by atoms with van der Waals surface area (Å²) >= 11 is 0. The van der Waals surface area contributed by atoms with Gasteiger partial charge < -0.3 is 14.7 Å². The van der Waals surface area contributed by atoms with Gasteiger partial charge in [-0.1, -0.05) is 28.5 Å². The number of nitrogens with zero attached hydrogens (tertiary/aromatic N) is 4. The van der Waals surface area contributed by atoms with Gasteiger partial charge in [-0.15, -0.1) is 0 Å². The number of aromatic nitrogens is 3. The SMILES string of the molecule is O=C(NCc1ccc(F)cc1)C1=NOC(Cc2nc(-c3ccccn3)no2)C1. The van der Waals surface area contributed by atoms with Crippen molar-refractivity contribution in [3.8, 4) is 11.5 Å². The number of hydrogen-bond acceptors (Lipinski definition) is 7. The molecule has 3 heterocycles. The van der Waals surface area contributed by atoms with Gasteiger partial charge in [0, 0.05) is 19.2 Å². The lowest BCUT2D eigenvalue weighted by Crippen LogP contribution is -2.30. The first-order valence-corrected chi connectivity index (χ1v) is 8.67. The molecule has 0 spiro atoms. The summed E-state index contributed by atoms with van der Waals surface area (Å²) in [7, 11) is 0. The second kappa shape index (κ2) is 7.95. The summed E-state index contributed by atoms with van der Waals surface area (Å²) in [6, 6.07) is 11.3. The van der Waals surface area contributed by atoms with Gasteiger partial charge in [-0.3, -0.25) is 9.78 Å². The molecule has 0 saturated carbocycles. The van der Waals surface area contributed by atoms with Gasteiger partial charge in [0.2, 0.25) is 11.7 Å². The predicted molar refractivity (Wildman–Crippen MR) is 96.4 cm³/mol. The van der Waals surface area contributed by atoms with Crippen molar-refractivity contribution in [3.05, 3.63) is 65.9 Å². The maximum atomic E-state index is 12.9. The number of oxime groups is 1. The molecular weight excluding hydrogens is 365 g/mol. The van der Waals surface area contributed by atoms with Crippen molar-refractivity contribution in [2.75, 3.05) is 0 Å². The molecule has 1 unspecified atom stereocenters. The van der Waals surface area contributed by atoms with Crippen LogP contribution in [-0.2, 0) is 22.6 Å². The summed E-state index contributed by atoms with van der Waals surface area (Å²) < 4.78 is 18.1. The van der Waals surface area contributed by atoms with E-state index in [4.69, 9.17) is 9.36 Å². The number of halogens is 1. The number of pyridine rings is 1. The predicted octanol–water partition coefficient (Wildman–Crippen LogP) is 2.27. The summed E-state index contributed by atoms with van der Waals surface area (Å²) in [6.45, 7) is 0.278. The van der Waals surface area contributed by atoms with Crippen LogP contribution in [0, 0.1) is 5.82 Å². The molecule has 2 aromatic heterocycles. The van der Waals surface area contributed by atoms with Crippen LogP contribution in [0.25, 0.3) is 11.5 Å². The normalized spacial score (nSPS) is 15.8. The molecule has 1 N–H and O–H groups in total. The quantitative estimate of drug-likeness (QED) is 0.703. The molecule has 0 bridgehead atoms. The monoisotopic (exact) mass is 381 g/mol. The number of hydrogen-bond donors (Lipinski definition) is 1. The van der Waals surface area contributed by atoms with Crippen molar-refractivity contribution in [2.45, 2.75) is 25.5 Å². The van der Waals surface area contributed by atoms with Crippen molar-refractivity contribution in [1.29, 1.82) is 0 Å². The lowest BCUT2D eigenvalue weighted by molar-refractivity contribution is -0.115. The average molecular weight is 381 g/mol. The topological polar surface area (TPSA) is 102 Å². The maximum absolute atomic E-state index is 12.9. The van der Waals surface area contributed by atoms with Crippen LogP contribution in [0.1, 0.15) is 17.9 Å². The number of benzene rings is 1. The highest BCUT2D eigenvalue weighted by atomic mass is 19.1. The van der Waals surface area contributed by atoms with E-state index in [0.717, 1.165) is 5.56 Å². The number of nitrogens with one attached hydrogen (secondary N) is 1. The van der Waals surface area contributed by atoms with Crippen molar-refractivity contribution in [2.24, 2.45) is 5.16 Å². The molecule has 9 heteroatoms. The van der Waals surface area contributed by atoms with Gasteiger partial charge in [-0.2, -0.15) is 4.98 Å². The van der Waals surface area contributed by atoms with Crippen LogP contribution in [0.4, 0.5) is 4.39 Å². The van der Waals surface area contributed by atoms with Gasteiger partial charge >= 0.3 is 0 Å². The maximum Gasteiger partial charge on any atom is 0.269 e. The van der Waals surface area contributed by atoms with E-state index in [1.165, 1.54) is 12.1 Å². The Morgan fingerprint density at radius 2 is 2.07 bits per heavy atom. The largest absolute Gasteiger partial charge is 0.391 e. The standard InChI is InChI=1S/C19H16FN5O3/c20-13-6-4-12(5-7-13)11-22-19(26)16-9-14(27-24-16)10-17-23-18(25-28-17)15-3-1-2-8-21-15/h1-8,14H,9-11H2,(H,22,26). The molecule has 142 valence electrons. The summed E-state index contributed by atoms with van der Waals surface area (Å²) in [4.78, 5) is 26.0. The Bertz CT molecular complexity index is 988. The fraction of sp³-hybridized carbons (Fsp3) is 0.211. The molecule has 1 amide bonds. The van der Waals surface area contributed by atoms with Gasteiger partial charge in [0.05, 0.1) is 6.42 Å². The Morgan fingerprint density at radius 1 is 1.21 bits per heavy atom. The third-order valence-corrected chi connectivity index (χ3v) is 4.13. The van der Waals surface area contributed by atoms with E-state index in [0.29, 0.717) is 30.3 Å². The zero-order chi connectivity index (χ0) is 19.3. The number of carbonyl (C=O) groups is 1. The summed E-state index contributed by atoms with van der Waals surface area (Å²) in [5, 5.41) is 10.5. The summed E-state index contributed by atoms with van der Waals surface area (Å²) in [5.41, 5.74) is 1.69. The molecule has 1 atom stereocenters. The lowest BCUT2D eigenvalue weighted by Gasteiger charge is -2.05. The first kappa shape index (κ1) is 17.8. The van der Waals surface area contributed by atoms with Gasteiger partial charge in [-0.25, -0.2) is 4.39 Å². The Kier molecular flexibility index (Phi) is 5.05. The van der Waals surface area contributed by atoms with Crippen LogP contribution >= 0.6 is 0 Å². The number of rotatable bonds is 6.